The van der Waals surface area contributed by atoms with Crippen molar-refractivity contribution in [1.29, 1.82) is 0 Å². The van der Waals surface area contributed by atoms with Gasteiger partial charge in [-0.3, -0.25) is 14.4 Å². The van der Waals surface area contributed by atoms with Gasteiger partial charge in [-0.25, -0.2) is 0 Å². The third kappa shape index (κ3) is 3.03. The van der Waals surface area contributed by atoms with Gasteiger partial charge in [0.1, 0.15) is 0 Å². The van der Waals surface area contributed by atoms with E-state index >= 15 is 0 Å². The number of fused-ring (bicyclic) bond motifs is 2. The highest BCUT2D eigenvalue weighted by atomic mass is 16.2. The molecule has 2 heterocycles. The molecule has 0 fully saturated rings. The van der Waals surface area contributed by atoms with Crippen LogP contribution in [0.3, 0.4) is 0 Å². The van der Waals surface area contributed by atoms with E-state index in [2.05, 4.69) is 10.3 Å². The molecular weight excluding hydrogens is 344 g/mol. The Kier molecular flexibility index (Phi) is 4.12. The van der Waals surface area contributed by atoms with E-state index in [1.54, 1.807) is 30.3 Å². The predicted octanol–water partition coefficient (Wildman–Crippen LogP) is 1.61. The predicted molar refractivity (Wildman–Crippen MR) is 104 cm³/mol. The van der Waals surface area contributed by atoms with Crippen molar-refractivity contribution in [2.45, 2.75) is 6.54 Å². The number of benzene rings is 2. The lowest BCUT2D eigenvalue weighted by Crippen LogP contribution is -2.39. The molecule has 2 N–H and O–H groups in total. The van der Waals surface area contributed by atoms with E-state index in [9.17, 15) is 14.4 Å². The molecule has 0 bridgehead atoms. The molecule has 0 aliphatic carbocycles. The van der Waals surface area contributed by atoms with Gasteiger partial charge in [-0.1, -0.05) is 18.2 Å². The Morgan fingerprint density at radius 1 is 1.07 bits per heavy atom. The maximum atomic E-state index is 12.5. The van der Waals surface area contributed by atoms with Crippen molar-refractivity contribution in [3.05, 3.63) is 81.0 Å². The first-order valence-electron chi connectivity index (χ1n) is 8.60. The van der Waals surface area contributed by atoms with Crippen LogP contribution >= 0.6 is 0 Å². The fourth-order valence-electron chi connectivity index (χ4n) is 3.23. The van der Waals surface area contributed by atoms with E-state index in [1.807, 2.05) is 36.0 Å². The Labute approximate surface area is 153 Å². The van der Waals surface area contributed by atoms with Crippen LogP contribution in [0.1, 0.15) is 10.4 Å². The highest BCUT2D eigenvalue weighted by molar-refractivity contribution is 5.98. The van der Waals surface area contributed by atoms with Gasteiger partial charge in [0.25, 0.3) is 5.91 Å². The highest BCUT2D eigenvalue weighted by Crippen LogP contribution is 2.16. The van der Waals surface area contributed by atoms with Crippen LogP contribution in [0.15, 0.2) is 64.3 Å². The fourth-order valence-corrected chi connectivity index (χ4v) is 3.23. The first kappa shape index (κ1) is 16.8. The van der Waals surface area contributed by atoms with E-state index in [0.717, 1.165) is 10.9 Å². The third-order valence-electron chi connectivity index (χ3n) is 4.65. The van der Waals surface area contributed by atoms with Crippen LogP contribution in [0.4, 0.5) is 0 Å². The topological polar surface area (TPSA) is 88.9 Å². The molecule has 0 radical (unpaired) electrons. The van der Waals surface area contributed by atoms with E-state index < -0.39 is 11.1 Å². The maximum absolute atomic E-state index is 12.5. The molecule has 136 valence electrons. The summed E-state index contributed by atoms with van der Waals surface area (Å²) >= 11 is 0. The largest absolute Gasteiger partial charge is 0.351 e. The second kappa shape index (κ2) is 6.60. The average molecular weight is 362 g/mol. The number of aromatic amines is 1. The van der Waals surface area contributed by atoms with Gasteiger partial charge >= 0.3 is 11.1 Å². The Balaban J connectivity index is 1.54. The van der Waals surface area contributed by atoms with E-state index in [-0.39, 0.29) is 19.0 Å². The Morgan fingerprint density at radius 3 is 2.74 bits per heavy atom. The van der Waals surface area contributed by atoms with Crippen molar-refractivity contribution in [2.75, 3.05) is 6.54 Å². The second-order valence-corrected chi connectivity index (χ2v) is 6.38. The molecule has 4 aromatic rings. The van der Waals surface area contributed by atoms with Crippen molar-refractivity contribution in [2.24, 2.45) is 7.05 Å². The molecule has 0 saturated heterocycles. The van der Waals surface area contributed by atoms with Gasteiger partial charge in [0.2, 0.25) is 0 Å². The number of carbonyl (C=O) groups is 1. The van der Waals surface area contributed by atoms with Gasteiger partial charge in [0.05, 0.1) is 11.0 Å². The van der Waals surface area contributed by atoms with Gasteiger partial charge in [0, 0.05) is 37.4 Å². The molecule has 0 aliphatic rings. The molecule has 0 aliphatic heterocycles. The summed E-state index contributed by atoms with van der Waals surface area (Å²) in [5.41, 5.74) is 1.43. The van der Waals surface area contributed by atoms with Crippen LogP contribution in [0.25, 0.3) is 21.9 Å². The van der Waals surface area contributed by atoms with Crippen LogP contribution in [0, 0.1) is 0 Å². The molecule has 1 amide bonds. The smallest absolute Gasteiger partial charge is 0.316 e. The van der Waals surface area contributed by atoms with E-state index in [4.69, 9.17) is 0 Å². The number of hydrogen-bond acceptors (Lipinski definition) is 3. The zero-order valence-corrected chi connectivity index (χ0v) is 14.7. The number of H-pyrrole nitrogens is 1. The molecule has 4 rings (SSSR count). The second-order valence-electron chi connectivity index (χ2n) is 6.38. The van der Waals surface area contributed by atoms with E-state index in [1.165, 1.54) is 4.57 Å². The van der Waals surface area contributed by atoms with Crippen LogP contribution in [0.5, 0.6) is 0 Å². The number of hydrogen-bond donors (Lipinski definition) is 2. The average Bonchev–Trinajstić information content (AvgIpc) is 3.05. The lowest BCUT2D eigenvalue weighted by Gasteiger charge is -2.10. The summed E-state index contributed by atoms with van der Waals surface area (Å²) in [5.74, 6) is -0.222. The van der Waals surface area contributed by atoms with Crippen LogP contribution in [-0.4, -0.2) is 26.6 Å². The molecule has 0 saturated carbocycles. The fraction of sp³-hybridized carbons (Fsp3) is 0.150. The maximum Gasteiger partial charge on any atom is 0.316 e. The monoisotopic (exact) mass is 362 g/mol. The number of aromatic nitrogens is 3. The molecular formula is C20H18N4O3. The minimum atomic E-state index is -0.672. The summed E-state index contributed by atoms with van der Waals surface area (Å²) in [4.78, 5) is 39.0. The first-order valence-corrected chi connectivity index (χ1v) is 8.60. The molecule has 0 atom stereocenters. The van der Waals surface area contributed by atoms with Gasteiger partial charge in [-0.05, 0) is 35.7 Å². The molecule has 0 unspecified atom stereocenters. The molecule has 7 nitrogen and oxygen atoms in total. The molecule has 7 heteroatoms. The minimum Gasteiger partial charge on any atom is -0.351 e. The van der Waals surface area contributed by atoms with Crippen molar-refractivity contribution in [1.82, 2.24) is 19.4 Å². The van der Waals surface area contributed by atoms with Crippen molar-refractivity contribution >= 4 is 27.8 Å². The van der Waals surface area contributed by atoms with Crippen molar-refractivity contribution in [3.63, 3.8) is 0 Å². The van der Waals surface area contributed by atoms with Crippen LogP contribution in [-0.2, 0) is 13.6 Å². The number of aryl methyl sites for hydroxylation is 1. The number of nitrogens with one attached hydrogen (secondary N) is 2. The lowest BCUT2D eigenvalue weighted by molar-refractivity contribution is 0.0952. The normalized spacial score (nSPS) is 11.1. The summed E-state index contributed by atoms with van der Waals surface area (Å²) in [6, 6.07) is 14.6. The Bertz CT molecular complexity index is 1280. The van der Waals surface area contributed by atoms with Gasteiger partial charge in [-0.2, -0.15) is 0 Å². The van der Waals surface area contributed by atoms with Crippen LogP contribution in [0.2, 0.25) is 0 Å². The van der Waals surface area contributed by atoms with Crippen molar-refractivity contribution in [3.8, 4) is 0 Å². The molecule has 2 aromatic heterocycles. The van der Waals surface area contributed by atoms with Gasteiger partial charge in [-0.15, -0.1) is 0 Å². The Morgan fingerprint density at radius 2 is 1.89 bits per heavy atom. The third-order valence-corrected chi connectivity index (χ3v) is 4.65. The zero-order chi connectivity index (χ0) is 19.0. The summed E-state index contributed by atoms with van der Waals surface area (Å²) in [6.07, 6.45) is 1.94. The summed E-state index contributed by atoms with van der Waals surface area (Å²) in [5, 5.41) is 3.88. The van der Waals surface area contributed by atoms with Crippen molar-refractivity contribution < 1.29 is 4.79 Å². The zero-order valence-electron chi connectivity index (χ0n) is 14.7. The van der Waals surface area contributed by atoms with Crippen LogP contribution < -0.4 is 16.4 Å². The number of para-hydroxylation sites is 2. The Hall–Kier alpha value is -3.61. The summed E-state index contributed by atoms with van der Waals surface area (Å²) in [7, 11) is 1.93. The summed E-state index contributed by atoms with van der Waals surface area (Å²) in [6.45, 7) is 0.443. The summed E-state index contributed by atoms with van der Waals surface area (Å²) < 4.78 is 3.34. The highest BCUT2D eigenvalue weighted by Gasteiger charge is 2.10. The molecule has 2 aromatic carbocycles. The van der Waals surface area contributed by atoms with Gasteiger partial charge < -0.3 is 19.4 Å². The SMILES string of the molecule is Cn1ccc2ccc(C(=O)NCCn3c(=O)c(=O)[nH]c4ccccc43)cc21. The number of carbonyl (C=O) groups excluding carboxylic acids is 1. The number of rotatable bonds is 4. The van der Waals surface area contributed by atoms with E-state index in [0.29, 0.717) is 16.6 Å². The lowest BCUT2D eigenvalue weighted by atomic mass is 10.1. The molecule has 27 heavy (non-hydrogen) atoms. The minimum absolute atomic E-state index is 0.210. The first-order chi connectivity index (χ1) is 13.0. The number of nitrogens with zero attached hydrogens (tertiary/aromatic N) is 2. The van der Waals surface area contributed by atoms with Gasteiger partial charge in [0.15, 0.2) is 0 Å². The number of amides is 1. The molecule has 0 spiro atoms. The quantitative estimate of drug-likeness (QED) is 0.541. The standard InChI is InChI=1S/C20H18N4O3/c1-23-10-8-13-6-7-14(12-17(13)23)18(25)21-9-11-24-16-5-3-2-4-15(16)22-19(26)20(24)27/h2-8,10,12H,9,11H2,1H3,(H,21,25)(H,22,26).